The van der Waals surface area contributed by atoms with Crippen molar-refractivity contribution in [1.82, 2.24) is 15.0 Å². The number of likely N-dealkylation sites (tertiary alicyclic amines) is 1. The molecule has 3 aromatic rings. The molecule has 1 N–H and O–H groups in total. The molecule has 34 heavy (non-hydrogen) atoms. The number of nitrogens with zero attached hydrogens (tertiary/aromatic N) is 3. The Morgan fingerprint density at radius 2 is 1.91 bits per heavy atom. The Kier molecular flexibility index (Phi) is 7.43. The molecule has 1 saturated heterocycles. The highest BCUT2D eigenvalue weighted by molar-refractivity contribution is 7.12. The van der Waals surface area contributed by atoms with Crippen LogP contribution in [0.1, 0.15) is 28.4 Å². The van der Waals surface area contributed by atoms with Crippen molar-refractivity contribution >= 4 is 28.9 Å². The second kappa shape index (κ2) is 10.7. The van der Waals surface area contributed by atoms with Crippen LogP contribution in [0.5, 0.6) is 11.5 Å². The van der Waals surface area contributed by atoms with E-state index in [9.17, 15) is 9.59 Å². The molecule has 0 radical (unpaired) electrons. The van der Waals surface area contributed by atoms with E-state index < -0.39 is 5.97 Å². The van der Waals surface area contributed by atoms with Gasteiger partial charge in [0.05, 0.1) is 33.6 Å². The Morgan fingerprint density at radius 3 is 2.62 bits per heavy atom. The van der Waals surface area contributed by atoms with Gasteiger partial charge in [0, 0.05) is 11.5 Å². The molecule has 0 spiro atoms. The predicted molar refractivity (Wildman–Crippen MR) is 125 cm³/mol. The van der Waals surface area contributed by atoms with Gasteiger partial charge in [-0.1, -0.05) is 5.16 Å². The minimum atomic E-state index is -0.452. The van der Waals surface area contributed by atoms with Gasteiger partial charge in [0.1, 0.15) is 4.88 Å². The summed E-state index contributed by atoms with van der Waals surface area (Å²) in [5.74, 6) is 1.53. The number of nitrogens with one attached hydrogen (secondary N) is 1. The third kappa shape index (κ3) is 5.20. The first kappa shape index (κ1) is 23.7. The van der Waals surface area contributed by atoms with E-state index in [1.54, 1.807) is 37.8 Å². The van der Waals surface area contributed by atoms with Gasteiger partial charge in [-0.25, -0.2) is 4.79 Å². The van der Waals surface area contributed by atoms with Gasteiger partial charge in [-0.05, 0) is 55.6 Å². The molecule has 2 aromatic heterocycles. The van der Waals surface area contributed by atoms with E-state index in [1.807, 2.05) is 6.07 Å². The van der Waals surface area contributed by atoms with Crippen molar-refractivity contribution in [3.63, 3.8) is 0 Å². The molecule has 0 atom stereocenters. The van der Waals surface area contributed by atoms with Crippen molar-refractivity contribution < 1.29 is 28.3 Å². The number of hydrogen-bond acceptors (Lipinski definition) is 10. The number of carbonyl (C=O) groups is 2. The van der Waals surface area contributed by atoms with Crippen molar-refractivity contribution in [3.8, 4) is 22.9 Å². The molecule has 3 heterocycles. The molecule has 1 aliphatic rings. The quantitative estimate of drug-likeness (QED) is 0.478. The van der Waals surface area contributed by atoms with E-state index in [0.29, 0.717) is 53.2 Å². The Hall–Kier alpha value is -3.44. The average Bonchev–Trinajstić information content (AvgIpc) is 3.53. The first-order chi connectivity index (χ1) is 16.5. The Labute approximate surface area is 200 Å². The number of ether oxygens (including phenoxy) is 3. The molecule has 10 nitrogen and oxygen atoms in total. The average molecular weight is 487 g/mol. The maximum atomic E-state index is 12.7. The topological polar surface area (TPSA) is 116 Å². The van der Waals surface area contributed by atoms with Gasteiger partial charge in [-0.2, -0.15) is 4.98 Å². The Balaban J connectivity index is 1.31. The number of amides is 1. The largest absolute Gasteiger partial charge is 0.493 e. The van der Waals surface area contributed by atoms with Crippen molar-refractivity contribution in [3.05, 3.63) is 40.4 Å². The van der Waals surface area contributed by atoms with Gasteiger partial charge in [0.25, 0.3) is 0 Å². The van der Waals surface area contributed by atoms with Gasteiger partial charge in [0.2, 0.25) is 17.6 Å². The fourth-order valence-electron chi connectivity index (χ4n) is 3.85. The van der Waals surface area contributed by atoms with Crippen molar-refractivity contribution in [2.24, 2.45) is 5.92 Å². The zero-order valence-corrected chi connectivity index (χ0v) is 20.0. The van der Waals surface area contributed by atoms with Crippen molar-refractivity contribution in [2.45, 2.75) is 19.4 Å². The molecular weight excluding hydrogens is 460 g/mol. The zero-order valence-electron chi connectivity index (χ0n) is 19.2. The van der Waals surface area contributed by atoms with Crippen LogP contribution in [0, 0.1) is 5.92 Å². The summed E-state index contributed by atoms with van der Waals surface area (Å²) >= 11 is 1.24. The number of thiophene rings is 1. The van der Waals surface area contributed by atoms with E-state index in [4.69, 9.17) is 18.7 Å². The number of benzene rings is 1. The van der Waals surface area contributed by atoms with E-state index in [0.717, 1.165) is 18.7 Å². The molecule has 180 valence electrons. The van der Waals surface area contributed by atoms with Crippen LogP contribution in [0.2, 0.25) is 0 Å². The van der Waals surface area contributed by atoms with Crippen LogP contribution in [0.4, 0.5) is 5.69 Å². The molecular formula is C23H26N4O6S. The first-order valence-electron chi connectivity index (χ1n) is 10.8. The highest BCUT2D eigenvalue weighted by Crippen LogP contribution is 2.31. The van der Waals surface area contributed by atoms with Gasteiger partial charge >= 0.3 is 5.97 Å². The normalized spacial score (nSPS) is 14.6. The number of methoxy groups -OCH3 is 3. The minimum Gasteiger partial charge on any atom is -0.493 e. The maximum Gasteiger partial charge on any atom is 0.350 e. The van der Waals surface area contributed by atoms with Gasteiger partial charge in [-0.15, -0.1) is 11.3 Å². The number of hydrogen-bond donors (Lipinski definition) is 1. The van der Waals surface area contributed by atoms with Crippen LogP contribution in [0.3, 0.4) is 0 Å². The first-order valence-corrected chi connectivity index (χ1v) is 11.6. The zero-order chi connectivity index (χ0) is 24.1. The number of piperidine rings is 1. The van der Waals surface area contributed by atoms with E-state index in [1.165, 1.54) is 18.4 Å². The molecule has 1 amide bonds. The molecule has 11 heteroatoms. The lowest BCUT2D eigenvalue weighted by Gasteiger charge is -2.30. The number of esters is 1. The molecule has 1 aromatic carbocycles. The third-order valence-electron chi connectivity index (χ3n) is 5.72. The molecule has 0 saturated carbocycles. The minimum absolute atomic E-state index is 0.0864. The lowest BCUT2D eigenvalue weighted by atomic mass is 9.96. The summed E-state index contributed by atoms with van der Waals surface area (Å²) in [7, 11) is 4.48. The van der Waals surface area contributed by atoms with Gasteiger partial charge < -0.3 is 24.1 Å². The van der Waals surface area contributed by atoms with E-state index in [-0.39, 0.29) is 11.8 Å². The fraction of sp³-hybridized carbons (Fsp3) is 0.391. The monoisotopic (exact) mass is 486 g/mol. The summed E-state index contributed by atoms with van der Waals surface area (Å²) in [5.41, 5.74) is 1.26. The predicted octanol–water partition coefficient (Wildman–Crippen LogP) is 3.45. The summed E-state index contributed by atoms with van der Waals surface area (Å²) in [6, 6.07) is 7.16. The van der Waals surface area contributed by atoms with Gasteiger partial charge in [-0.3, -0.25) is 9.69 Å². The number of aromatic nitrogens is 2. The van der Waals surface area contributed by atoms with Crippen LogP contribution in [-0.4, -0.2) is 61.3 Å². The van der Waals surface area contributed by atoms with Crippen LogP contribution >= 0.6 is 11.3 Å². The number of carbonyl (C=O) groups excluding carboxylic acids is 2. The molecule has 0 unspecified atom stereocenters. The van der Waals surface area contributed by atoms with E-state index >= 15 is 0 Å². The molecule has 1 aliphatic heterocycles. The van der Waals surface area contributed by atoms with Crippen molar-refractivity contribution in [1.29, 1.82) is 0 Å². The molecule has 1 fully saturated rings. The number of anilines is 1. The van der Waals surface area contributed by atoms with Crippen molar-refractivity contribution in [2.75, 3.05) is 39.7 Å². The van der Waals surface area contributed by atoms with Crippen LogP contribution < -0.4 is 14.8 Å². The lowest BCUT2D eigenvalue weighted by molar-refractivity contribution is -0.121. The SMILES string of the molecule is COC(=O)c1sccc1NC(=O)C1CCN(Cc2nc(-c3ccc(OC)c(OC)c3)no2)CC1. The summed E-state index contributed by atoms with van der Waals surface area (Å²) in [6.45, 7) is 1.95. The molecule has 0 bridgehead atoms. The second-order valence-corrected chi connectivity index (χ2v) is 8.69. The van der Waals surface area contributed by atoms with Crippen LogP contribution in [-0.2, 0) is 16.1 Å². The second-order valence-electron chi connectivity index (χ2n) is 7.78. The summed E-state index contributed by atoms with van der Waals surface area (Å²) in [5, 5.41) is 8.71. The summed E-state index contributed by atoms with van der Waals surface area (Å²) in [6.07, 6.45) is 1.39. The highest BCUT2D eigenvalue weighted by Gasteiger charge is 2.27. The number of rotatable bonds is 8. The summed E-state index contributed by atoms with van der Waals surface area (Å²) in [4.78, 5) is 31.6. The fourth-order valence-corrected chi connectivity index (χ4v) is 4.62. The highest BCUT2D eigenvalue weighted by atomic mass is 32.1. The standard InChI is InChI=1S/C23H26N4O6S/c1-30-17-5-4-15(12-18(17)31-2)21-25-19(33-26-21)13-27-9-6-14(7-10-27)22(28)24-16-8-11-34-20(16)23(29)32-3/h4-5,8,11-12,14H,6-7,9-10,13H2,1-3H3,(H,24,28). The van der Waals surface area contributed by atoms with Gasteiger partial charge in [0.15, 0.2) is 11.5 Å². The maximum absolute atomic E-state index is 12.7. The van der Waals surface area contributed by atoms with Crippen LogP contribution in [0.15, 0.2) is 34.2 Å². The Morgan fingerprint density at radius 1 is 1.15 bits per heavy atom. The van der Waals surface area contributed by atoms with Crippen LogP contribution in [0.25, 0.3) is 11.4 Å². The third-order valence-corrected chi connectivity index (χ3v) is 6.62. The molecule has 4 rings (SSSR count). The lowest BCUT2D eigenvalue weighted by Crippen LogP contribution is -2.37. The Bertz CT molecular complexity index is 1150. The molecule has 0 aliphatic carbocycles. The summed E-state index contributed by atoms with van der Waals surface area (Å²) < 4.78 is 20.8. The smallest absolute Gasteiger partial charge is 0.350 e. The van der Waals surface area contributed by atoms with E-state index in [2.05, 4.69) is 20.4 Å².